The molecule has 0 aromatic heterocycles. The third kappa shape index (κ3) is 5.12. The highest BCUT2D eigenvalue weighted by molar-refractivity contribution is 8.00. The zero-order valence-electron chi connectivity index (χ0n) is 12.8. The Kier molecular flexibility index (Phi) is 5.74. The summed E-state index contributed by atoms with van der Waals surface area (Å²) >= 11 is 1.96. The van der Waals surface area contributed by atoms with Crippen LogP contribution in [0.25, 0.3) is 0 Å². The molecule has 0 atom stereocenters. The second-order valence-electron chi connectivity index (χ2n) is 5.82. The minimum absolute atomic E-state index is 0.205. The highest BCUT2D eigenvalue weighted by Crippen LogP contribution is 2.45. The standard InChI is InChI=1S/C17H25N3S/c1-14(2)12-19-16(18)20-13-17(10-6-7-11-17)21-15-8-4-3-5-9-15/h3-5,8-9H,1,6-7,10-13H2,2H3,(H3,18,19,20). The molecule has 0 saturated heterocycles. The van der Waals surface area contributed by atoms with Crippen LogP contribution in [0.15, 0.2) is 52.4 Å². The Morgan fingerprint density at radius 2 is 2.00 bits per heavy atom. The lowest BCUT2D eigenvalue weighted by atomic mass is 10.1. The second kappa shape index (κ2) is 7.55. The molecule has 1 aromatic carbocycles. The van der Waals surface area contributed by atoms with Gasteiger partial charge in [0.1, 0.15) is 0 Å². The molecule has 3 nitrogen and oxygen atoms in total. The highest BCUT2D eigenvalue weighted by atomic mass is 32.2. The van der Waals surface area contributed by atoms with Gasteiger partial charge in [0.2, 0.25) is 0 Å². The number of benzene rings is 1. The molecule has 0 bridgehead atoms. The first-order valence-corrected chi connectivity index (χ1v) is 8.34. The molecular weight excluding hydrogens is 278 g/mol. The topological polar surface area (TPSA) is 50.4 Å². The minimum atomic E-state index is 0.205. The van der Waals surface area contributed by atoms with Gasteiger partial charge in [0.15, 0.2) is 5.96 Å². The van der Waals surface area contributed by atoms with Gasteiger partial charge in [-0.1, -0.05) is 43.2 Å². The van der Waals surface area contributed by atoms with Crippen LogP contribution in [0.2, 0.25) is 0 Å². The van der Waals surface area contributed by atoms with Gasteiger partial charge >= 0.3 is 0 Å². The lowest BCUT2D eigenvalue weighted by molar-refractivity contribution is 0.618. The molecule has 1 aliphatic rings. The van der Waals surface area contributed by atoms with Crippen molar-refractivity contribution in [1.29, 1.82) is 0 Å². The fraction of sp³-hybridized carbons (Fsp3) is 0.471. The number of thioether (sulfide) groups is 1. The van der Waals surface area contributed by atoms with E-state index in [1.54, 1.807) is 0 Å². The van der Waals surface area contributed by atoms with Crippen LogP contribution in [0.4, 0.5) is 0 Å². The van der Waals surface area contributed by atoms with Gasteiger partial charge in [0.25, 0.3) is 0 Å². The number of aliphatic imine (C=N–C) groups is 1. The van der Waals surface area contributed by atoms with Crippen LogP contribution in [-0.2, 0) is 0 Å². The van der Waals surface area contributed by atoms with Crippen LogP contribution < -0.4 is 11.1 Å². The number of rotatable bonds is 6. The van der Waals surface area contributed by atoms with Crippen molar-refractivity contribution in [3.63, 3.8) is 0 Å². The van der Waals surface area contributed by atoms with Crippen molar-refractivity contribution < 1.29 is 0 Å². The molecule has 0 spiro atoms. The summed E-state index contributed by atoms with van der Waals surface area (Å²) < 4.78 is 0.205. The molecule has 0 aliphatic heterocycles. The Labute approximate surface area is 132 Å². The van der Waals surface area contributed by atoms with E-state index in [-0.39, 0.29) is 4.75 Å². The van der Waals surface area contributed by atoms with E-state index in [4.69, 9.17) is 5.73 Å². The lowest BCUT2D eigenvalue weighted by Crippen LogP contribution is -2.35. The average molecular weight is 303 g/mol. The number of hydrogen-bond donors (Lipinski definition) is 2. The largest absolute Gasteiger partial charge is 0.370 e. The van der Waals surface area contributed by atoms with Crippen molar-refractivity contribution in [2.24, 2.45) is 10.7 Å². The van der Waals surface area contributed by atoms with Gasteiger partial charge in [-0.15, -0.1) is 11.8 Å². The van der Waals surface area contributed by atoms with Gasteiger partial charge in [-0.25, -0.2) is 0 Å². The van der Waals surface area contributed by atoms with Crippen molar-refractivity contribution in [2.45, 2.75) is 42.2 Å². The van der Waals surface area contributed by atoms with Crippen LogP contribution in [0.3, 0.4) is 0 Å². The second-order valence-corrected chi connectivity index (χ2v) is 7.36. The zero-order valence-corrected chi connectivity index (χ0v) is 13.6. The molecule has 1 saturated carbocycles. The lowest BCUT2D eigenvalue weighted by Gasteiger charge is -2.26. The summed E-state index contributed by atoms with van der Waals surface area (Å²) in [6.45, 7) is 7.30. The molecule has 1 aliphatic carbocycles. The first kappa shape index (κ1) is 16.0. The molecule has 1 aromatic rings. The van der Waals surface area contributed by atoms with Crippen LogP contribution in [0.5, 0.6) is 0 Å². The van der Waals surface area contributed by atoms with Gasteiger partial charge in [-0.05, 0) is 31.9 Å². The zero-order chi connectivity index (χ0) is 15.1. The Morgan fingerprint density at radius 3 is 2.62 bits per heavy atom. The number of nitrogens with zero attached hydrogens (tertiary/aromatic N) is 1. The van der Waals surface area contributed by atoms with E-state index < -0.39 is 0 Å². The van der Waals surface area contributed by atoms with Crippen LogP contribution in [0.1, 0.15) is 32.6 Å². The Balaban J connectivity index is 1.98. The summed E-state index contributed by atoms with van der Waals surface area (Å²) in [5.74, 6) is 0.526. The normalized spacial score (nSPS) is 17.7. The highest BCUT2D eigenvalue weighted by Gasteiger charge is 2.34. The van der Waals surface area contributed by atoms with Gasteiger partial charge in [0.05, 0.1) is 6.54 Å². The van der Waals surface area contributed by atoms with Gasteiger partial charge in [-0.3, -0.25) is 4.99 Å². The van der Waals surface area contributed by atoms with Crippen LogP contribution in [-0.4, -0.2) is 23.8 Å². The van der Waals surface area contributed by atoms with Crippen molar-refractivity contribution in [3.05, 3.63) is 42.5 Å². The molecule has 0 heterocycles. The van der Waals surface area contributed by atoms with Gasteiger partial charge in [0, 0.05) is 16.2 Å². The summed E-state index contributed by atoms with van der Waals surface area (Å²) in [7, 11) is 0. The fourth-order valence-electron chi connectivity index (χ4n) is 2.58. The number of nitrogens with one attached hydrogen (secondary N) is 1. The molecule has 114 valence electrons. The van der Waals surface area contributed by atoms with Crippen LogP contribution >= 0.6 is 11.8 Å². The molecule has 2 rings (SSSR count). The van der Waals surface area contributed by atoms with Crippen molar-refractivity contribution >= 4 is 17.7 Å². The predicted octanol–water partition coefficient (Wildman–Crippen LogP) is 3.57. The first-order valence-electron chi connectivity index (χ1n) is 7.52. The quantitative estimate of drug-likeness (QED) is 0.480. The Hall–Kier alpha value is -1.42. The van der Waals surface area contributed by atoms with Crippen LogP contribution in [0, 0.1) is 0 Å². The maximum absolute atomic E-state index is 5.94. The van der Waals surface area contributed by atoms with E-state index in [2.05, 4.69) is 47.2 Å². The van der Waals surface area contributed by atoms with Gasteiger partial charge in [-0.2, -0.15) is 0 Å². The Morgan fingerprint density at radius 1 is 1.33 bits per heavy atom. The summed E-state index contributed by atoms with van der Waals surface area (Å²) in [6, 6.07) is 10.6. The smallest absolute Gasteiger partial charge is 0.188 e. The van der Waals surface area contributed by atoms with Crippen molar-refractivity contribution in [2.75, 3.05) is 13.1 Å². The molecule has 1 fully saturated rings. The number of nitrogens with two attached hydrogens (primary N) is 1. The van der Waals surface area contributed by atoms with E-state index in [1.165, 1.54) is 30.6 Å². The van der Waals surface area contributed by atoms with Crippen molar-refractivity contribution in [1.82, 2.24) is 5.32 Å². The molecule has 0 unspecified atom stereocenters. The minimum Gasteiger partial charge on any atom is -0.370 e. The third-order valence-corrected chi connectivity index (χ3v) is 5.18. The monoisotopic (exact) mass is 303 g/mol. The Bertz CT molecular complexity index is 490. The summed E-state index contributed by atoms with van der Waals surface area (Å²) in [5.41, 5.74) is 7.00. The average Bonchev–Trinajstić information content (AvgIpc) is 2.93. The van der Waals surface area contributed by atoms with Crippen molar-refractivity contribution in [3.8, 4) is 0 Å². The molecule has 21 heavy (non-hydrogen) atoms. The molecular formula is C17H25N3S. The molecule has 0 amide bonds. The SMILES string of the molecule is C=C(C)CNC(N)=NCC1(Sc2ccccc2)CCCC1. The van der Waals surface area contributed by atoms with E-state index in [1.807, 2.05) is 18.7 Å². The fourth-order valence-corrected chi connectivity index (χ4v) is 3.99. The molecule has 3 N–H and O–H groups in total. The summed E-state index contributed by atoms with van der Waals surface area (Å²) in [4.78, 5) is 5.89. The first-order chi connectivity index (χ1) is 10.1. The maximum Gasteiger partial charge on any atom is 0.188 e. The van der Waals surface area contributed by atoms with E-state index in [9.17, 15) is 0 Å². The maximum atomic E-state index is 5.94. The molecule has 0 radical (unpaired) electrons. The van der Waals surface area contributed by atoms with Gasteiger partial charge < -0.3 is 11.1 Å². The van der Waals surface area contributed by atoms with E-state index in [0.29, 0.717) is 12.5 Å². The predicted molar refractivity (Wildman–Crippen MR) is 92.8 cm³/mol. The number of hydrogen-bond acceptors (Lipinski definition) is 2. The molecule has 4 heteroatoms. The van der Waals surface area contributed by atoms with E-state index in [0.717, 1.165) is 12.1 Å². The summed E-state index contributed by atoms with van der Waals surface area (Å²) in [6.07, 6.45) is 5.00. The summed E-state index contributed by atoms with van der Waals surface area (Å²) in [5, 5.41) is 3.11. The number of guanidine groups is 1. The van der Waals surface area contributed by atoms with E-state index >= 15 is 0 Å². The third-order valence-electron chi connectivity index (χ3n) is 3.70.